The second kappa shape index (κ2) is 8.22. The zero-order chi connectivity index (χ0) is 19.4. The number of methoxy groups -OCH3 is 1. The summed E-state index contributed by atoms with van der Waals surface area (Å²) in [5.41, 5.74) is 3.97. The number of benzene rings is 2. The average Bonchev–Trinajstić information content (AvgIpc) is 2.66. The van der Waals surface area contributed by atoms with E-state index in [0.29, 0.717) is 19.6 Å². The van der Waals surface area contributed by atoms with Gasteiger partial charge in [0.15, 0.2) is 0 Å². The molecule has 0 aromatic heterocycles. The lowest BCUT2D eigenvalue weighted by Crippen LogP contribution is -2.39. The quantitative estimate of drug-likeness (QED) is 0.792. The Morgan fingerprint density at radius 1 is 1.19 bits per heavy atom. The molecule has 1 atom stereocenters. The van der Waals surface area contributed by atoms with Crippen LogP contribution in [0.5, 0.6) is 5.75 Å². The fraction of sp³-hybridized carbons (Fsp3) is 0.333. The van der Waals surface area contributed by atoms with Gasteiger partial charge in [0.05, 0.1) is 7.11 Å². The molecule has 1 aliphatic rings. The van der Waals surface area contributed by atoms with Gasteiger partial charge in [-0.15, -0.1) is 0 Å². The highest BCUT2D eigenvalue weighted by molar-refractivity contribution is 5.78. The highest BCUT2D eigenvalue weighted by atomic mass is 16.5. The third-order valence-electron chi connectivity index (χ3n) is 4.83. The van der Waals surface area contributed by atoms with Crippen LogP contribution >= 0.6 is 0 Å². The molecule has 2 N–H and O–H groups in total. The summed E-state index contributed by atoms with van der Waals surface area (Å²) in [6, 6.07) is 12.6. The van der Waals surface area contributed by atoms with Crippen LogP contribution in [-0.4, -0.2) is 35.5 Å². The minimum atomic E-state index is -0.488. The highest BCUT2D eigenvalue weighted by Gasteiger charge is 2.33. The number of amides is 1. The molecule has 0 spiro atoms. The van der Waals surface area contributed by atoms with Crippen LogP contribution in [0.3, 0.4) is 0 Å². The van der Waals surface area contributed by atoms with Crippen molar-refractivity contribution in [3.8, 4) is 5.75 Å². The fourth-order valence-corrected chi connectivity index (χ4v) is 3.45. The largest absolute Gasteiger partial charge is 0.508 e. The molecule has 1 unspecified atom stereocenters. The Hall–Kier alpha value is -2.86. The number of carbonyl (C=O) groups excluding carboxylic acids is 2. The van der Waals surface area contributed by atoms with E-state index in [9.17, 15) is 14.7 Å². The molecule has 3 rings (SSSR count). The Kier molecular flexibility index (Phi) is 5.76. The molecule has 0 radical (unpaired) electrons. The summed E-state index contributed by atoms with van der Waals surface area (Å²) in [6.45, 7) is 3.31. The van der Waals surface area contributed by atoms with Gasteiger partial charge in [-0.1, -0.05) is 30.3 Å². The Balaban J connectivity index is 1.78. The van der Waals surface area contributed by atoms with Gasteiger partial charge >= 0.3 is 5.97 Å². The van der Waals surface area contributed by atoms with Crippen LogP contribution in [0.1, 0.15) is 35.2 Å². The highest BCUT2D eigenvalue weighted by Crippen LogP contribution is 2.33. The zero-order valence-electron chi connectivity index (χ0n) is 15.6. The monoisotopic (exact) mass is 368 g/mol. The van der Waals surface area contributed by atoms with Gasteiger partial charge in [-0.05, 0) is 40.8 Å². The average molecular weight is 368 g/mol. The summed E-state index contributed by atoms with van der Waals surface area (Å²) in [5.74, 6) is -0.150. The van der Waals surface area contributed by atoms with Crippen LogP contribution < -0.4 is 5.32 Å². The fourth-order valence-electron chi connectivity index (χ4n) is 3.45. The molecule has 2 aromatic rings. The van der Waals surface area contributed by atoms with Crippen LogP contribution in [0.25, 0.3) is 0 Å². The van der Waals surface area contributed by atoms with Crippen molar-refractivity contribution in [1.82, 2.24) is 10.2 Å². The first-order valence-corrected chi connectivity index (χ1v) is 8.94. The predicted molar refractivity (Wildman–Crippen MR) is 101 cm³/mol. The molecule has 1 aliphatic heterocycles. The minimum absolute atomic E-state index is 0.0574. The first-order valence-electron chi connectivity index (χ1n) is 8.94. The number of phenols is 1. The number of phenolic OH excluding ortho intramolecular Hbond substituents is 1. The molecule has 1 heterocycles. The number of ether oxygens (including phenoxy) is 1. The smallest absolute Gasteiger partial charge is 0.327 e. The van der Waals surface area contributed by atoms with Crippen molar-refractivity contribution < 1.29 is 19.4 Å². The van der Waals surface area contributed by atoms with Crippen molar-refractivity contribution in [2.24, 2.45) is 0 Å². The van der Waals surface area contributed by atoms with E-state index in [2.05, 4.69) is 10.2 Å². The Morgan fingerprint density at radius 2 is 1.89 bits per heavy atom. The molecule has 1 amide bonds. The van der Waals surface area contributed by atoms with Crippen molar-refractivity contribution in [2.45, 2.75) is 32.5 Å². The van der Waals surface area contributed by atoms with E-state index in [1.807, 2.05) is 24.3 Å². The van der Waals surface area contributed by atoms with Gasteiger partial charge in [-0.25, -0.2) is 4.79 Å². The van der Waals surface area contributed by atoms with E-state index >= 15 is 0 Å². The molecule has 0 saturated carbocycles. The molecular formula is C21H24N2O4. The number of carbonyl (C=O) groups is 2. The van der Waals surface area contributed by atoms with Crippen LogP contribution in [0.4, 0.5) is 0 Å². The normalized spacial score (nSPS) is 16.4. The molecular weight excluding hydrogens is 344 g/mol. The van der Waals surface area contributed by atoms with E-state index in [1.54, 1.807) is 18.2 Å². The van der Waals surface area contributed by atoms with Crippen molar-refractivity contribution in [2.75, 3.05) is 13.7 Å². The van der Waals surface area contributed by atoms with Gasteiger partial charge in [0.25, 0.3) is 0 Å². The third-order valence-corrected chi connectivity index (χ3v) is 4.83. The molecule has 2 aromatic carbocycles. The predicted octanol–water partition coefficient (Wildman–Crippen LogP) is 2.30. The Morgan fingerprint density at radius 3 is 2.56 bits per heavy atom. The molecule has 0 bridgehead atoms. The van der Waals surface area contributed by atoms with E-state index in [0.717, 1.165) is 28.7 Å². The summed E-state index contributed by atoms with van der Waals surface area (Å²) in [7, 11) is 1.39. The second-order valence-electron chi connectivity index (χ2n) is 6.76. The van der Waals surface area contributed by atoms with Gasteiger partial charge in [0, 0.05) is 26.6 Å². The van der Waals surface area contributed by atoms with Crippen molar-refractivity contribution in [1.29, 1.82) is 0 Å². The Bertz CT molecular complexity index is 833. The van der Waals surface area contributed by atoms with Crippen LogP contribution in [0.2, 0.25) is 0 Å². The SMILES string of the molecule is COC(=O)C1c2ccc(O)cc2CCN1Cc1ccc(CNC(C)=O)cc1. The van der Waals surface area contributed by atoms with Crippen molar-refractivity contribution in [3.63, 3.8) is 0 Å². The molecule has 6 heteroatoms. The summed E-state index contributed by atoms with van der Waals surface area (Å²) in [6.07, 6.45) is 0.762. The maximum Gasteiger partial charge on any atom is 0.327 e. The van der Waals surface area contributed by atoms with E-state index in [-0.39, 0.29) is 17.6 Å². The maximum absolute atomic E-state index is 12.5. The number of nitrogens with zero attached hydrogens (tertiary/aromatic N) is 1. The first-order chi connectivity index (χ1) is 13.0. The molecule has 27 heavy (non-hydrogen) atoms. The standard InChI is InChI=1S/C21H24N2O4/c1-14(24)22-12-15-3-5-16(6-4-15)13-23-10-9-17-11-18(25)7-8-19(17)20(23)21(26)27-2/h3-8,11,20,25H,9-10,12-13H2,1-2H3,(H,22,24). The summed E-state index contributed by atoms with van der Waals surface area (Å²) in [5, 5.41) is 12.5. The van der Waals surface area contributed by atoms with E-state index in [1.165, 1.54) is 14.0 Å². The summed E-state index contributed by atoms with van der Waals surface area (Å²) < 4.78 is 5.03. The van der Waals surface area contributed by atoms with Gasteiger partial charge in [-0.3, -0.25) is 9.69 Å². The van der Waals surface area contributed by atoms with Gasteiger partial charge in [0.1, 0.15) is 11.8 Å². The lowest BCUT2D eigenvalue weighted by Gasteiger charge is -2.35. The molecule has 0 fully saturated rings. The summed E-state index contributed by atoms with van der Waals surface area (Å²) >= 11 is 0. The number of hydrogen-bond donors (Lipinski definition) is 2. The Labute approximate surface area is 158 Å². The number of aromatic hydroxyl groups is 1. The number of rotatable bonds is 5. The number of hydrogen-bond acceptors (Lipinski definition) is 5. The molecule has 0 saturated heterocycles. The van der Waals surface area contributed by atoms with Gasteiger partial charge in [0.2, 0.25) is 5.91 Å². The van der Waals surface area contributed by atoms with E-state index < -0.39 is 6.04 Å². The second-order valence-corrected chi connectivity index (χ2v) is 6.76. The van der Waals surface area contributed by atoms with Gasteiger partial charge < -0.3 is 15.2 Å². The topological polar surface area (TPSA) is 78.9 Å². The first kappa shape index (κ1) is 18.9. The van der Waals surface area contributed by atoms with Crippen LogP contribution in [0.15, 0.2) is 42.5 Å². The van der Waals surface area contributed by atoms with Gasteiger partial charge in [-0.2, -0.15) is 0 Å². The third kappa shape index (κ3) is 4.46. The van der Waals surface area contributed by atoms with Crippen LogP contribution in [-0.2, 0) is 33.8 Å². The number of nitrogens with one attached hydrogen (secondary N) is 1. The summed E-state index contributed by atoms with van der Waals surface area (Å²) in [4.78, 5) is 25.6. The zero-order valence-corrected chi connectivity index (χ0v) is 15.6. The van der Waals surface area contributed by atoms with Crippen molar-refractivity contribution >= 4 is 11.9 Å². The van der Waals surface area contributed by atoms with Crippen molar-refractivity contribution in [3.05, 3.63) is 64.7 Å². The molecule has 142 valence electrons. The maximum atomic E-state index is 12.5. The number of esters is 1. The lowest BCUT2D eigenvalue weighted by atomic mass is 9.91. The van der Waals surface area contributed by atoms with E-state index in [4.69, 9.17) is 4.74 Å². The molecule has 6 nitrogen and oxygen atoms in total. The van der Waals surface area contributed by atoms with Crippen LogP contribution in [0, 0.1) is 0 Å². The minimum Gasteiger partial charge on any atom is -0.508 e. The lowest BCUT2D eigenvalue weighted by molar-refractivity contribution is -0.148. The number of fused-ring (bicyclic) bond motifs is 1. The molecule has 0 aliphatic carbocycles.